The Labute approximate surface area is 95.8 Å². The van der Waals surface area contributed by atoms with Crippen LogP contribution in [0.3, 0.4) is 0 Å². The van der Waals surface area contributed by atoms with Crippen LogP contribution >= 0.6 is 0 Å². The Bertz CT molecular complexity index is 424. The lowest BCUT2D eigenvalue weighted by Gasteiger charge is -2.11. The van der Waals surface area contributed by atoms with E-state index in [1.807, 2.05) is 5.32 Å². The molecule has 1 aromatic rings. The molecule has 0 aliphatic heterocycles. The molecule has 0 atom stereocenters. The smallest absolute Gasteiger partial charge is 0.387 e. The Morgan fingerprint density at radius 3 is 2.53 bits per heavy atom. The summed E-state index contributed by atoms with van der Waals surface area (Å²) in [5.41, 5.74) is 0.0477. The van der Waals surface area contributed by atoms with Crippen LogP contribution in [0.2, 0.25) is 0 Å². The monoisotopic (exact) mass is 244 g/mol. The van der Waals surface area contributed by atoms with Gasteiger partial charge in [-0.3, -0.25) is 10.1 Å². The van der Waals surface area contributed by atoms with Gasteiger partial charge in [0.05, 0.1) is 5.69 Å². The topological polar surface area (TPSA) is 67.4 Å². The molecule has 0 radical (unpaired) electrons. The maximum Gasteiger partial charge on any atom is 0.387 e. The average molecular weight is 244 g/mol. The van der Waals surface area contributed by atoms with Crippen LogP contribution in [0.25, 0.3) is 0 Å². The van der Waals surface area contributed by atoms with Gasteiger partial charge in [0.2, 0.25) is 5.91 Å². The standard InChI is InChI=1S/C10H10F2N2O3/c1-6(15)13-10(16)14-7-4-2-3-5-8(7)17-9(11)12/h2-5,9H,1H3,(H2,13,14,15,16). The molecular formula is C10H10F2N2O3. The van der Waals surface area contributed by atoms with Gasteiger partial charge in [-0.2, -0.15) is 8.78 Å². The Balaban J connectivity index is 2.76. The quantitative estimate of drug-likeness (QED) is 0.854. The molecule has 0 aliphatic rings. The second-order valence-electron chi connectivity index (χ2n) is 3.01. The summed E-state index contributed by atoms with van der Waals surface area (Å²) in [4.78, 5) is 21.8. The lowest BCUT2D eigenvalue weighted by atomic mass is 10.3. The Morgan fingerprint density at radius 2 is 1.94 bits per heavy atom. The number of alkyl halides is 2. The third-order valence-electron chi connectivity index (χ3n) is 1.64. The molecule has 7 heteroatoms. The minimum Gasteiger partial charge on any atom is -0.433 e. The molecule has 0 heterocycles. The van der Waals surface area contributed by atoms with Gasteiger partial charge in [0.1, 0.15) is 5.75 Å². The molecule has 2 N–H and O–H groups in total. The van der Waals surface area contributed by atoms with Crippen LogP contribution in [0.4, 0.5) is 19.3 Å². The number of carbonyl (C=O) groups excluding carboxylic acids is 2. The molecule has 0 aliphatic carbocycles. The van der Waals surface area contributed by atoms with E-state index in [-0.39, 0.29) is 11.4 Å². The van der Waals surface area contributed by atoms with Crippen molar-refractivity contribution in [1.82, 2.24) is 5.32 Å². The van der Waals surface area contributed by atoms with Crippen molar-refractivity contribution in [3.63, 3.8) is 0 Å². The minimum absolute atomic E-state index is 0.0477. The highest BCUT2D eigenvalue weighted by Crippen LogP contribution is 2.25. The van der Waals surface area contributed by atoms with Crippen molar-refractivity contribution >= 4 is 17.6 Å². The maximum absolute atomic E-state index is 12.0. The van der Waals surface area contributed by atoms with E-state index >= 15 is 0 Å². The summed E-state index contributed by atoms with van der Waals surface area (Å²) >= 11 is 0. The number of para-hydroxylation sites is 2. The second kappa shape index (κ2) is 5.78. The number of amides is 3. The predicted octanol–water partition coefficient (Wildman–Crippen LogP) is 1.96. The minimum atomic E-state index is -2.99. The van der Waals surface area contributed by atoms with Crippen molar-refractivity contribution in [1.29, 1.82) is 0 Å². The van der Waals surface area contributed by atoms with E-state index in [1.54, 1.807) is 0 Å². The number of ether oxygens (including phenoxy) is 1. The molecule has 0 bridgehead atoms. The number of hydrogen-bond acceptors (Lipinski definition) is 3. The second-order valence-corrected chi connectivity index (χ2v) is 3.01. The highest BCUT2D eigenvalue weighted by Gasteiger charge is 2.11. The van der Waals surface area contributed by atoms with Gasteiger partial charge in [0, 0.05) is 6.92 Å². The molecular weight excluding hydrogens is 234 g/mol. The largest absolute Gasteiger partial charge is 0.433 e. The van der Waals surface area contributed by atoms with Crippen LogP contribution in [0.1, 0.15) is 6.92 Å². The molecule has 3 amide bonds. The van der Waals surface area contributed by atoms with Crippen LogP contribution in [0.5, 0.6) is 5.75 Å². The van der Waals surface area contributed by atoms with Crippen LogP contribution in [0, 0.1) is 0 Å². The number of anilines is 1. The van der Waals surface area contributed by atoms with Gasteiger partial charge in [-0.1, -0.05) is 12.1 Å². The van der Waals surface area contributed by atoms with Crippen LogP contribution in [0.15, 0.2) is 24.3 Å². The molecule has 92 valence electrons. The molecule has 17 heavy (non-hydrogen) atoms. The number of rotatable bonds is 3. The zero-order valence-electron chi connectivity index (χ0n) is 8.87. The van der Waals surface area contributed by atoms with Crippen molar-refractivity contribution in [2.24, 2.45) is 0 Å². The molecule has 0 saturated heterocycles. The summed E-state index contributed by atoms with van der Waals surface area (Å²) in [6.45, 7) is -1.84. The first-order valence-electron chi connectivity index (χ1n) is 4.61. The van der Waals surface area contributed by atoms with E-state index in [4.69, 9.17) is 0 Å². The van der Waals surface area contributed by atoms with Gasteiger partial charge < -0.3 is 10.1 Å². The van der Waals surface area contributed by atoms with Gasteiger partial charge in [0.25, 0.3) is 0 Å². The molecule has 0 saturated carbocycles. The lowest BCUT2D eigenvalue weighted by molar-refractivity contribution is -0.117. The molecule has 0 aromatic heterocycles. The SMILES string of the molecule is CC(=O)NC(=O)Nc1ccccc1OC(F)F. The first-order valence-corrected chi connectivity index (χ1v) is 4.61. The Hall–Kier alpha value is -2.18. The number of imide groups is 1. The van der Waals surface area contributed by atoms with Crippen molar-refractivity contribution < 1.29 is 23.1 Å². The summed E-state index contributed by atoms with van der Waals surface area (Å²) < 4.78 is 28.3. The van der Waals surface area contributed by atoms with E-state index in [0.717, 1.165) is 6.92 Å². The molecule has 0 spiro atoms. The van der Waals surface area contributed by atoms with Gasteiger partial charge in [-0.05, 0) is 12.1 Å². The number of carbonyl (C=O) groups is 2. The molecule has 0 fully saturated rings. The zero-order valence-corrected chi connectivity index (χ0v) is 8.87. The number of nitrogens with one attached hydrogen (secondary N) is 2. The van der Waals surface area contributed by atoms with Crippen LogP contribution in [-0.2, 0) is 4.79 Å². The molecule has 0 unspecified atom stereocenters. The molecule has 1 rings (SSSR count). The molecule has 1 aromatic carbocycles. The van der Waals surface area contributed by atoms with Gasteiger partial charge in [-0.15, -0.1) is 0 Å². The van der Waals surface area contributed by atoms with Gasteiger partial charge in [0.15, 0.2) is 0 Å². The summed E-state index contributed by atoms with van der Waals surface area (Å²) in [5.74, 6) is -0.740. The fourth-order valence-electron chi connectivity index (χ4n) is 1.08. The predicted molar refractivity (Wildman–Crippen MR) is 55.9 cm³/mol. The highest BCUT2D eigenvalue weighted by atomic mass is 19.3. The van der Waals surface area contributed by atoms with E-state index < -0.39 is 18.5 Å². The normalized spacial score (nSPS) is 9.88. The summed E-state index contributed by atoms with van der Waals surface area (Å²) in [5, 5.41) is 4.16. The number of benzene rings is 1. The van der Waals surface area contributed by atoms with Crippen molar-refractivity contribution in [2.45, 2.75) is 13.5 Å². The maximum atomic E-state index is 12.0. The first kappa shape index (κ1) is 12.9. The summed E-state index contributed by atoms with van der Waals surface area (Å²) in [7, 11) is 0. The van der Waals surface area contributed by atoms with E-state index in [9.17, 15) is 18.4 Å². The fraction of sp³-hybridized carbons (Fsp3) is 0.200. The van der Waals surface area contributed by atoms with Crippen molar-refractivity contribution in [3.8, 4) is 5.75 Å². The lowest BCUT2D eigenvalue weighted by Crippen LogP contribution is -2.32. The zero-order chi connectivity index (χ0) is 12.8. The highest BCUT2D eigenvalue weighted by molar-refractivity contribution is 6.01. The fourth-order valence-corrected chi connectivity index (χ4v) is 1.08. The average Bonchev–Trinajstić information content (AvgIpc) is 2.18. The number of urea groups is 1. The summed E-state index contributed by atoms with van der Waals surface area (Å²) in [6.07, 6.45) is 0. The van der Waals surface area contributed by atoms with Crippen molar-refractivity contribution in [3.05, 3.63) is 24.3 Å². The third-order valence-corrected chi connectivity index (χ3v) is 1.64. The van der Waals surface area contributed by atoms with Gasteiger partial charge in [-0.25, -0.2) is 4.79 Å². The summed E-state index contributed by atoms with van der Waals surface area (Å²) in [6, 6.07) is 4.84. The van der Waals surface area contributed by atoms with E-state index in [0.29, 0.717) is 0 Å². The number of hydrogen-bond donors (Lipinski definition) is 2. The van der Waals surface area contributed by atoms with Crippen LogP contribution < -0.4 is 15.4 Å². The Kier molecular flexibility index (Phi) is 4.38. The van der Waals surface area contributed by atoms with Crippen LogP contribution in [-0.4, -0.2) is 18.5 Å². The first-order chi connectivity index (χ1) is 7.99. The third kappa shape index (κ3) is 4.45. The molecule has 5 nitrogen and oxygen atoms in total. The van der Waals surface area contributed by atoms with Crippen molar-refractivity contribution in [2.75, 3.05) is 5.32 Å². The van der Waals surface area contributed by atoms with E-state index in [1.165, 1.54) is 24.3 Å². The Morgan fingerprint density at radius 1 is 1.29 bits per heavy atom. The van der Waals surface area contributed by atoms with E-state index in [2.05, 4.69) is 10.1 Å². The number of halogens is 2. The van der Waals surface area contributed by atoms with Gasteiger partial charge >= 0.3 is 12.6 Å².